The lowest BCUT2D eigenvalue weighted by Gasteiger charge is -2.18. The molecule has 0 spiro atoms. The number of rotatable bonds is 5. The maximum Gasteiger partial charge on any atom is 0.142 e. The highest BCUT2D eigenvalue weighted by molar-refractivity contribution is 7.10. The molecule has 2 nitrogen and oxygen atoms in total. The minimum atomic E-state index is 0.293. The van der Waals surface area contributed by atoms with Crippen molar-refractivity contribution in [2.45, 2.75) is 33.7 Å². The molecule has 0 radical (unpaired) electrons. The third kappa shape index (κ3) is 3.29. The predicted octanol–water partition coefficient (Wildman–Crippen LogP) is 4.94. The summed E-state index contributed by atoms with van der Waals surface area (Å²) in [5, 5.41) is 5.69. The van der Waals surface area contributed by atoms with Crippen LogP contribution in [0, 0.1) is 13.8 Å². The van der Waals surface area contributed by atoms with E-state index in [0.29, 0.717) is 12.6 Å². The average molecular weight is 275 g/mol. The van der Waals surface area contributed by atoms with Crippen LogP contribution in [0.25, 0.3) is 0 Å². The van der Waals surface area contributed by atoms with E-state index in [2.05, 4.69) is 55.7 Å². The van der Waals surface area contributed by atoms with E-state index in [0.717, 1.165) is 11.4 Å². The molecule has 0 amide bonds. The highest BCUT2D eigenvalue weighted by atomic mass is 32.1. The van der Waals surface area contributed by atoms with Gasteiger partial charge in [-0.3, -0.25) is 0 Å². The van der Waals surface area contributed by atoms with E-state index in [-0.39, 0.29) is 0 Å². The molecule has 1 atom stereocenters. The van der Waals surface area contributed by atoms with Gasteiger partial charge < -0.3 is 10.1 Å². The van der Waals surface area contributed by atoms with Crippen molar-refractivity contribution in [2.75, 3.05) is 11.9 Å². The topological polar surface area (TPSA) is 21.3 Å². The number of benzene rings is 1. The minimum absolute atomic E-state index is 0.293. The zero-order valence-electron chi connectivity index (χ0n) is 12.0. The zero-order valence-corrected chi connectivity index (χ0v) is 12.8. The zero-order chi connectivity index (χ0) is 13.8. The van der Waals surface area contributed by atoms with Gasteiger partial charge in [-0.1, -0.05) is 6.07 Å². The van der Waals surface area contributed by atoms with Crippen LogP contribution in [0.1, 0.15) is 35.9 Å². The van der Waals surface area contributed by atoms with Gasteiger partial charge in [-0.05, 0) is 62.4 Å². The Hall–Kier alpha value is -1.48. The molecular weight excluding hydrogens is 254 g/mol. The van der Waals surface area contributed by atoms with Crippen molar-refractivity contribution in [1.82, 2.24) is 0 Å². The number of nitrogens with one attached hydrogen (secondary N) is 1. The van der Waals surface area contributed by atoms with Gasteiger partial charge in [0, 0.05) is 4.88 Å². The second-order valence-corrected chi connectivity index (χ2v) is 5.71. The number of anilines is 1. The van der Waals surface area contributed by atoms with Crippen LogP contribution >= 0.6 is 11.3 Å². The Morgan fingerprint density at radius 2 is 2.05 bits per heavy atom. The van der Waals surface area contributed by atoms with Crippen molar-refractivity contribution < 1.29 is 4.74 Å². The molecular formula is C16H21NOS. The Labute approximate surface area is 119 Å². The number of hydrogen-bond donors (Lipinski definition) is 1. The fraction of sp³-hybridized carbons (Fsp3) is 0.375. The van der Waals surface area contributed by atoms with Crippen LogP contribution in [0.2, 0.25) is 0 Å². The van der Waals surface area contributed by atoms with E-state index < -0.39 is 0 Å². The number of hydrogen-bond acceptors (Lipinski definition) is 3. The molecule has 0 saturated heterocycles. The average Bonchev–Trinajstić information content (AvgIpc) is 2.79. The summed E-state index contributed by atoms with van der Waals surface area (Å²) < 4.78 is 5.71. The van der Waals surface area contributed by atoms with Crippen LogP contribution in [0.5, 0.6) is 5.75 Å². The Morgan fingerprint density at radius 1 is 1.26 bits per heavy atom. The molecule has 2 rings (SSSR count). The van der Waals surface area contributed by atoms with Crippen LogP contribution in [0.3, 0.4) is 0 Å². The molecule has 0 aliphatic carbocycles. The highest BCUT2D eigenvalue weighted by Crippen LogP contribution is 2.32. The van der Waals surface area contributed by atoms with Crippen LogP contribution in [-0.2, 0) is 0 Å². The van der Waals surface area contributed by atoms with Crippen molar-refractivity contribution in [2.24, 2.45) is 0 Å². The molecule has 1 heterocycles. The summed E-state index contributed by atoms with van der Waals surface area (Å²) in [6.45, 7) is 9.12. The van der Waals surface area contributed by atoms with Gasteiger partial charge in [-0.15, -0.1) is 11.3 Å². The van der Waals surface area contributed by atoms with E-state index in [1.807, 2.05) is 6.92 Å². The second-order valence-electron chi connectivity index (χ2n) is 4.77. The summed E-state index contributed by atoms with van der Waals surface area (Å²) in [7, 11) is 0. The summed E-state index contributed by atoms with van der Waals surface area (Å²) in [4.78, 5) is 1.38. The smallest absolute Gasteiger partial charge is 0.142 e. The number of aryl methyl sites for hydroxylation is 2. The summed E-state index contributed by atoms with van der Waals surface area (Å²) in [6.07, 6.45) is 0. The third-order valence-corrected chi connectivity index (χ3v) is 4.31. The van der Waals surface area contributed by atoms with Gasteiger partial charge in [0.2, 0.25) is 0 Å². The van der Waals surface area contributed by atoms with Crippen LogP contribution in [0.15, 0.2) is 29.6 Å². The lowest BCUT2D eigenvalue weighted by molar-refractivity contribution is 0.341. The molecule has 19 heavy (non-hydrogen) atoms. The van der Waals surface area contributed by atoms with Gasteiger partial charge in [0.25, 0.3) is 0 Å². The van der Waals surface area contributed by atoms with Gasteiger partial charge in [-0.25, -0.2) is 0 Å². The lowest BCUT2D eigenvalue weighted by Crippen LogP contribution is -2.08. The third-order valence-electron chi connectivity index (χ3n) is 3.10. The van der Waals surface area contributed by atoms with Crippen molar-refractivity contribution in [1.29, 1.82) is 0 Å². The van der Waals surface area contributed by atoms with E-state index in [1.54, 1.807) is 11.3 Å². The van der Waals surface area contributed by atoms with Crippen LogP contribution in [0.4, 0.5) is 5.69 Å². The summed E-state index contributed by atoms with van der Waals surface area (Å²) in [5.74, 6) is 0.934. The summed E-state index contributed by atoms with van der Waals surface area (Å²) in [5.41, 5.74) is 3.62. The molecule has 102 valence electrons. The first-order valence-corrected chi connectivity index (χ1v) is 7.53. The largest absolute Gasteiger partial charge is 0.492 e. The fourth-order valence-electron chi connectivity index (χ4n) is 2.15. The van der Waals surface area contributed by atoms with E-state index in [9.17, 15) is 0 Å². The van der Waals surface area contributed by atoms with Gasteiger partial charge >= 0.3 is 0 Å². The molecule has 0 aliphatic rings. The Bertz CT molecular complexity index is 547. The monoisotopic (exact) mass is 275 g/mol. The Kier molecular flexibility index (Phi) is 4.48. The SMILES string of the molecule is CCOc1cc(C)ccc1NC(C)c1sccc1C. The Balaban J connectivity index is 2.21. The van der Waals surface area contributed by atoms with Gasteiger partial charge in [0.05, 0.1) is 18.3 Å². The van der Waals surface area contributed by atoms with E-state index >= 15 is 0 Å². The molecule has 3 heteroatoms. The molecule has 1 N–H and O–H groups in total. The minimum Gasteiger partial charge on any atom is -0.492 e. The standard InChI is InChI=1S/C16H21NOS/c1-5-18-15-10-11(2)6-7-14(15)17-13(4)16-12(3)8-9-19-16/h6-10,13,17H,5H2,1-4H3. The highest BCUT2D eigenvalue weighted by Gasteiger charge is 2.12. The normalized spacial score (nSPS) is 12.2. The van der Waals surface area contributed by atoms with Crippen molar-refractivity contribution in [3.8, 4) is 5.75 Å². The van der Waals surface area contributed by atoms with Crippen LogP contribution < -0.4 is 10.1 Å². The second kappa shape index (κ2) is 6.11. The quantitative estimate of drug-likeness (QED) is 0.834. The summed E-state index contributed by atoms with van der Waals surface area (Å²) >= 11 is 1.80. The first kappa shape index (κ1) is 13.9. The summed E-state index contributed by atoms with van der Waals surface area (Å²) in [6, 6.07) is 8.75. The molecule has 1 unspecified atom stereocenters. The lowest BCUT2D eigenvalue weighted by atomic mass is 10.1. The molecule has 0 saturated carbocycles. The number of thiophene rings is 1. The molecule has 1 aromatic heterocycles. The maximum absolute atomic E-state index is 5.71. The maximum atomic E-state index is 5.71. The number of ether oxygens (including phenoxy) is 1. The van der Waals surface area contributed by atoms with Crippen molar-refractivity contribution in [3.05, 3.63) is 45.6 Å². The molecule has 0 fully saturated rings. The van der Waals surface area contributed by atoms with Gasteiger partial charge in [-0.2, -0.15) is 0 Å². The van der Waals surface area contributed by atoms with Gasteiger partial charge in [0.1, 0.15) is 5.75 Å². The predicted molar refractivity (Wildman–Crippen MR) is 83.4 cm³/mol. The first-order valence-electron chi connectivity index (χ1n) is 6.65. The van der Waals surface area contributed by atoms with Crippen molar-refractivity contribution >= 4 is 17.0 Å². The molecule has 1 aromatic carbocycles. The fourth-order valence-corrected chi connectivity index (χ4v) is 3.09. The first-order chi connectivity index (χ1) is 9.11. The Morgan fingerprint density at radius 3 is 2.68 bits per heavy atom. The molecule has 2 aromatic rings. The molecule has 0 aliphatic heterocycles. The molecule has 0 bridgehead atoms. The van der Waals surface area contributed by atoms with Crippen LogP contribution in [-0.4, -0.2) is 6.61 Å². The van der Waals surface area contributed by atoms with Gasteiger partial charge in [0.15, 0.2) is 0 Å². The van der Waals surface area contributed by atoms with Crippen molar-refractivity contribution in [3.63, 3.8) is 0 Å². The van der Waals surface area contributed by atoms with E-state index in [1.165, 1.54) is 16.0 Å². The van der Waals surface area contributed by atoms with E-state index in [4.69, 9.17) is 4.74 Å².